The summed E-state index contributed by atoms with van der Waals surface area (Å²) >= 11 is 5.91. The van der Waals surface area contributed by atoms with Crippen LogP contribution in [0.1, 0.15) is 25.7 Å². The van der Waals surface area contributed by atoms with E-state index in [4.69, 9.17) is 16.3 Å². The molecule has 2 atom stereocenters. The highest BCUT2D eigenvalue weighted by molar-refractivity contribution is 6.32. The summed E-state index contributed by atoms with van der Waals surface area (Å²) < 4.78 is 43.3. The highest BCUT2D eigenvalue weighted by Crippen LogP contribution is 2.41. The number of anilines is 1. The zero-order chi connectivity index (χ0) is 16.4. The van der Waals surface area contributed by atoms with Gasteiger partial charge in [0.05, 0.1) is 24.8 Å². The number of aliphatic hydroxyl groups is 1. The fraction of sp³-hybridized carbons (Fsp3) is 0.692. The molecule has 0 saturated heterocycles. The molecule has 1 aliphatic carbocycles. The van der Waals surface area contributed by atoms with Gasteiger partial charge in [0, 0.05) is 6.54 Å². The first-order valence-corrected chi connectivity index (χ1v) is 7.21. The molecule has 1 heterocycles. The highest BCUT2D eigenvalue weighted by Gasteiger charge is 2.46. The second-order valence-corrected chi connectivity index (χ2v) is 5.87. The Hall–Kier alpha value is -1.28. The highest BCUT2D eigenvalue weighted by atomic mass is 35.5. The van der Waals surface area contributed by atoms with Crippen molar-refractivity contribution in [1.29, 1.82) is 0 Å². The van der Waals surface area contributed by atoms with E-state index in [0.717, 1.165) is 0 Å². The number of methoxy groups -OCH3 is 1. The number of alkyl halides is 3. The lowest BCUT2D eigenvalue weighted by Crippen LogP contribution is -2.45. The van der Waals surface area contributed by atoms with Gasteiger partial charge in [-0.25, -0.2) is 4.98 Å². The molecular formula is C13H17ClF3N3O2. The van der Waals surface area contributed by atoms with Gasteiger partial charge in [-0.2, -0.15) is 18.2 Å². The standard InChI is InChI=1S/C13H17ClF3N3O2/c1-22-11-18-6-9(14)10(20-11)19-7-12(21)4-2-3-8(5-12)13(15,16)17/h6,8,21H,2-5,7H2,1H3,(H,18,19,20). The van der Waals surface area contributed by atoms with Crippen molar-refractivity contribution >= 4 is 17.4 Å². The lowest BCUT2D eigenvalue weighted by atomic mass is 9.77. The summed E-state index contributed by atoms with van der Waals surface area (Å²) in [6.07, 6.45) is -2.63. The predicted molar refractivity (Wildman–Crippen MR) is 75.0 cm³/mol. The number of nitrogens with one attached hydrogen (secondary N) is 1. The maximum absolute atomic E-state index is 12.8. The maximum atomic E-state index is 12.8. The fourth-order valence-corrected chi connectivity index (χ4v) is 2.76. The minimum absolute atomic E-state index is 0.0495. The average Bonchev–Trinajstić information content (AvgIpc) is 2.45. The fourth-order valence-electron chi connectivity index (χ4n) is 2.60. The Bertz CT molecular complexity index is 530. The lowest BCUT2D eigenvalue weighted by Gasteiger charge is -2.37. The van der Waals surface area contributed by atoms with Gasteiger partial charge in [-0.3, -0.25) is 0 Å². The van der Waals surface area contributed by atoms with Gasteiger partial charge < -0.3 is 15.2 Å². The summed E-state index contributed by atoms with van der Waals surface area (Å²) in [5.41, 5.74) is -1.44. The summed E-state index contributed by atoms with van der Waals surface area (Å²) in [6.45, 7) is -0.0700. The third-order valence-electron chi connectivity index (χ3n) is 3.77. The molecule has 1 aromatic rings. The van der Waals surface area contributed by atoms with Crippen LogP contribution in [0.25, 0.3) is 0 Å². The van der Waals surface area contributed by atoms with Crippen LogP contribution in [0, 0.1) is 5.92 Å². The molecule has 1 saturated carbocycles. The smallest absolute Gasteiger partial charge is 0.391 e. The monoisotopic (exact) mass is 339 g/mol. The molecule has 9 heteroatoms. The number of ether oxygens (including phenoxy) is 1. The summed E-state index contributed by atoms with van der Waals surface area (Å²) in [7, 11) is 1.38. The van der Waals surface area contributed by atoms with E-state index >= 15 is 0 Å². The number of nitrogens with zero attached hydrogens (tertiary/aromatic N) is 2. The molecule has 5 nitrogen and oxygen atoms in total. The van der Waals surface area contributed by atoms with E-state index in [1.807, 2.05) is 0 Å². The molecule has 22 heavy (non-hydrogen) atoms. The van der Waals surface area contributed by atoms with E-state index in [-0.39, 0.29) is 36.2 Å². The first kappa shape index (κ1) is 17.1. The van der Waals surface area contributed by atoms with Crippen molar-refractivity contribution in [2.75, 3.05) is 19.0 Å². The first-order valence-electron chi connectivity index (χ1n) is 6.83. The second kappa shape index (κ2) is 6.45. The van der Waals surface area contributed by atoms with E-state index in [1.54, 1.807) is 0 Å². The second-order valence-electron chi connectivity index (χ2n) is 5.47. The Labute approximate surface area is 130 Å². The Balaban J connectivity index is 2.03. The lowest BCUT2D eigenvalue weighted by molar-refractivity contribution is -0.199. The zero-order valence-electron chi connectivity index (χ0n) is 12.0. The number of rotatable bonds is 4. The Morgan fingerprint density at radius 2 is 2.27 bits per heavy atom. The average molecular weight is 340 g/mol. The van der Waals surface area contributed by atoms with E-state index in [9.17, 15) is 18.3 Å². The third-order valence-corrected chi connectivity index (χ3v) is 4.05. The van der Waals surface area contributed by atoms with Crippen molar-refractivity contribution in [2.45, 2.75) is 37.5 Å². The van der Waals surface area contributed by atoms with Gasteiger partial charge in [0.15, 0.2) is 5.82 Å². The van der Waals surface area contributed by atoms with Gasteiger partial charge in [-0.1, -0.05) is 11.6 Å². The van der Waals surface area contributed by atoms with E-state index in [0.29, 0.717) is 12.8 Å². The molecule has 1 aliphatic rings. The van der Waals surface area contributed by atoms with Gasteiger partial charge in [-0.05, 0) is 25.7 Å². The van der Waals surface area contributed by atoms with Crippen LogP contribution >= 0.6 is 11.6 Å². The van der Waals surface area contributed by atoms with Crippen molar-refractivity contribution in [2.24, 2.45) is 5.92 Å². The molecule has 2 N–H and O–H groups in total. The molecule has 2 rings (SSSR count). The zero-order valence-corrected chi connectivity index (χ0v) is 12.7. The molecule has 1 aromatic heterocycles. The molecule has 0 bridgehead atoms. The van der Waals surface area contributed by atoms with Crippen LogP contribution in [-0.4, -0.2) is 40.5 Å². The first-order chi connectivity index (χ1) is 10.2. The number of halogens is 4. The molecule has 1 fully saturated rings. The summed E-state index contributed by atoms with van der Waals surface area (Å²) in [5.74, 6) is -1.26. The van der Waals surface area contributed by atoms with Crippen molar-refractivity contribution in [3.8, 4) is 6.01 Å². The van der Waals surface area contributed by atoms with Gasteiger partial charge in [-0.15, -0.1) is 0 Å². The van der Waals surface area contributed by atoms with Crippen LogP contribution in [0.4, 0.5) is 19.0 Å². The Morgan fingerprint density at radius 1 is 1.55 bits per heavy atom. The van der Waals surface area contributed by atoms with Gasteiger partial charge in [0.1, 0.15) is 5.02 Å². The Kier molecular flexibility index (Phi) is 5.01. The quantitative estimate of drug-likeness (QED) is 0.882. The van der Waals surface area contributed by atoms with E-state index in [2.05, 4.69) is 15.3 Å². The Morgan fingerprint density at radius 3 is 2.91 bits per heavy atom. The molecular weight excluding hydrogens is 323 g/mol. The van der Waals surface area contributed by atoms with Crippen molar-refractivity contribution in [1.82, 2.24) is 9.97 Å². The van der Waals surface area contributed by atoms with Crippen LogP contribution in [0.2, 0.25) is 5.02 Å². The largest absolute Gasteiger partial charge is 0.467 e. The van der Waals surface area contributed by atoms with E-state index < -0.39 is 17.7 Å². The number of hydrogen-bond acceptors (Lipinski definition) is 5. The molecule has 0 amide bonds. The topological polar surface area (TPSA) is 67.3 Å². The predicted octanol–water partition coefficient (Wildman–Crippen LogP) is 3.03. The number of aromatic nitrogens is 2. The minimum Gasteiger partial charge on any atom is -0.467 e. The van der Waals surface area contributed by atoms with Crippen LogP contribution in [0.3, 0.4) is 0 Å². The van der Waals surface area contributed by atoms with Gasteiger partial charge >= 0.3 is 12.2 Å². The van der Waals surface area contributed by atoms with Crippen molar-refractivity contribution in [3.63, 3.8) is 0 Å². The third kappa shape index (κ3) is 4.13. The normalized spacial score (nSPS) is 25.8. The summed E-state index contributed by atoms with van der Waals surface area (Å²) in [5, 5.41) is 13.4. The van der Waals surface area contributed by atoms with Crippen LogP contribution in [0.15, 0.2) is 6.20 Å². The molecule has 2 unspecified atom stereocenters. The maximum Gasteiger partial charge on any atom is 0.391 e. The van der Waals surface area contributed by atoms with Crippen molar-refractivity contribution < 1.29 is 23.0 Å². The summed E-state index contributed by atoms with van der Waals surface area (Å²) in [4.78, 5) is 7.76. The molecule has 0 aliphatic heterocycles. The summed E-state index contributed by atoms with van der Waals surface area (Å²) in [6, 6.07) is 0.0794. The SMILES string of the molecule is COc1ncc(Cl)c(NCC2(O)CCCC(C(F)(F)F)C2)n1. The van der Waals surface area contributed by atoms with Crippen LogP contribution < -0.4 is 10.1 Å². The number of hydrogen-bond donors (Lipinski definition) is 2. The van der Waals surface area contributed by atoms with Crippen molar-refractivity contribution in [3.05, 3.63) is 11.2 Å². The molecule has 124 valence electrons. The molecule has 0 spiro atoms. The van der Waals surface area contributed by atoms with Crippen LogP contribution in [-0.2, 0) is 0 Å². The molecule has 0 aromatic carbocycles. The van der Waals surface area contributed by atoms with Crippen LogP contribution in [0.5, 0.6) is 6.01 Å². The minimum atomic E-state index is -4.29. The molecule has 0 radical (unpaired) electrons. The van der Waals surface area contributed by atoms with E-state index in [1.165, 1.54) is 13.3 Å². The van der Waals surface area contributed by atoms with Gasteiger partial charge in [0.25, 0.3) is 0 Å². The van der Waals surface area contributed by atoms with Gasteiger partial charge in [0.2, 0.25) is 0 Å².